The molecular formula is C11H12O3S. The van der Waals surface area contributed by atoms with Crippen molar-refractivity contribution in [2.45, 2.75) is 6.42 Å². The zero-order valence-electron chi connectivity index (χ0n) is 8.34. The third kappa shape index (κ3) is 3.32. The third-order valence-electron chi connectivity index (χ3n) is 2.07. The van der Waals surface area contributed by atoms with Crippen molar-refractivity contribution in [1.82, 2.24) is 0 Å². The number of aliphatic hydroxyl groups is 1. The third-order valence-corrected chi connectivity index (χ3v) is 2.35. The number of esters is 1. The number of ether oxygens (including phenoxy) is 1. The molecule has 1 unspecified atom stereocenters. The summed E-state index contributed by atoms with van der Waals surface area (Å²) in [6.45, 7) is 0. The fourth-order valence-corrected chi connectivity index (χ4v) is 1.44. The first-order valence-electron chi connectivity index (χ1n) is 4.49. The number of carbonyl (C=O) groups excluding carboxylic acids is 1. The molecule has 15 heavy (non-hydrogen) atoms. The summed E-state index contributed by atoms with van der Waals surface area (Å²) < 4.78 is 4.56. The summed E-state index contributed by atoms with van der Waals surface area (Å²) >= 11 is 4.61. The number of aliphatic hydroxyl groups excluding tert-OH is 1. The molecule has 0 aromatic heterocycles. The number of thiocarbonyl (C=S) groups is 1. The average molecular weight is 224 g/mol. The van der Waals surface area contributed by atoms with Gasteiger partial charge in [0.1, 0.15) is 5.92 Å². The molecule has 0 aliphatic carbocycles. The summed E-state index contributed by atoms with van der Waals surface area (Å²) in [5.41, 5.74) is 0.935. The van der Waals surface area contributed by atoms with Crippen LogP contribution < -0.4 is 0 Å². The number of rotatable bonds is 4. The molecule has 1 atom stereocenters. The normalized spacial score (nSPS) is 11.8. The van der Waals surface area contributed by atoms with Crippen molar-refractivity contribution < 1.29 is 14.6 Å². The first kappa shape index (κ1) is 11.7. The molecule has 1 rings (SSSR count). The van der Waals surface area contributed by atoms with Crippen LogP contribution in [0.3, 0.4) is 0 Å². The number of carbonyl (C=O) groups is 1. The highest BCUT2D eigenvalue weighted by molar-refractivity contribution is 7.80. The molecule has 3 nitrogen and oxygen atoms in total. The Labute approximate surface area is 93.7 Å². The Hall–Kier alpha value is -1.42. The van der Waals surface area contributed by atoms with Crippen LogP contribution in [-0.2, 0) is 16.0 Å². The Kier molecular flexibility index (Phi) is 4.24. The molecule has 0 radical (unpaired) electrons. The smallest absolute Gasteiger partial charge is 0.317 e. The van der Waals surface area contributed by atoms with Gasteiger partial charge < -0.3 is 9.84 Å². The van der Waals surface area contributed by atoms with Crippen molar-refractivity contribution >= 4 is 23.2 Å². The number of methoxy groups -OCH3 is 1. The minimum atomic E-state index is -0.757. The Morgan fingerprint density at radius 1 is 1.47 bits per heavy atom. The summed E-state index contributed by atoms with van der Waals surface area (Å²) in [5, 5.41) is 8.88. The Balaban J connectivity index is 2.76. The monoisotopic (exact) mass is 224 g/mol. The van der Waals surface area contributed by atoms with Crippen molar-refractivity contribution in [3.05, 3.63) is 35.9 Å². The Bertz CT molecular complexity index is 348. The van der Waals surface area contributed by atoms with Gasteiger partial charge in [0.15, 0.2) is 5.05 Å². The highest BCUT2D eigenvalue weighted by Crippen LogP contribution is 2.11. The molecule has 0 fully saturated rings. The van der Waals surface area contributed by atoms with Gasteiger partial charge in [0.2, 0.25) is 0 Å². The van der Waals surface area contributed by atoms with Gasteiger partial charge in [0.05, 0.1) is 7.11 Å². The summed E-state index contributed by atoms with van der Waals surface area (Å²) in [6.07, 6.45) is 0.364. The van der Waals surface area contributed by atoms with Crippen LogP contribution in [0.25, 0.3) is 0 Å². The highest BCUT2D eigenvalue weighted by Gasteiger charge is 2.23. The van der Waals surface area contributed by atoms with Crippen LogP contribution in [0, 0.1) is 5.92 Å². The average Bonchev–Trinajstić information content (AvgIpc) is 2.26. The van der Waals surface area contributed by atoms with E-state index >= 15 is 0 Å². The largest absolute Gasteiger partial charge is 0.501 e. The molecule has 0 amide bonds. The van der Waals surface area contributed by atoms with Gasteiger partial charge in [-0.25, -0.2) is 0 Å². The molecular weight excluding hydrogens is 212 g/mol. The van der Waals surface area contributed by atoms with Crippen LogP contribution in [0.4, 0.5) is 0 Å². The summed E-state index contributed by atoms with van der Waals surface area (Å²) in [4.78, 5) is 11.3. The van der Waals surface area contributed by atoms with Crippen LogP contribution in [-0.4, -0.2) is 23.2 Å². The van der Waals surface area contributed by atoms with Gasteiger partial charge in [-0.1, -0.05) is 30.3 Å². The van der Waals surface area contributed by atoms with Gasteiger partial charge in [-0.3, -0.25) is 4.79 Å². The van der Waals surface area contributed by atoms with Gasteiger partial charge >= 0.3 is 5.97 Å². The van der Waals surface area contributed by atoms with Gasteiger partial charge in [-0.05, 0) is 24.2 Å². The maximum Gasteiger partial charge on any atom is 0.317 e. The maximum absolute atomic E-state index is 11.3. The minimum Gasteiger partial charge on any atom is -0.501 e. The lowest BCUT2D eigenvalue weighted by Gasteiger charge is -2.11. The van der Waals surface area contributed by atoms with E-state index in [1.807, 2.05) is 30.3 Å². The first-order valence-corrected chi connectivity index (χ1v) is 4.90. The van der Waals surface area contributed by atoms with E-state index in [0.29, 0.717) is 6.42 Å². The number of benzene rings is 1. The molecule has 4 heteroatoms. The van der Waals surface area contributed by atoms with Gasteiger partial charge in [-0.2, -0.15) is 0 Å². The molecule has 0 bridgehead atoms. The van der Waals surface area contributed by atoms with Gasteiger partial charge in [-0.15, -0.1) is 0 Å². The molecule has 0 aliphatic rings. The fraction of sp³-hybridized carbons (Fsp3) is 0.273. The van der Waals surface area contributed by atoms with E-state index in [4.69, 9.17) is 0 Å². The minimum absolute atomic E-state index is 0.328. The first-order chi connectivity index (χ1) is 7.15. The quantitative estimate of drug-likeness (QED) is 0.627. The van der Waals surface area contributed by atoms with Crippen molar-refractivity contribution in [2.24, 2.45) is 5.92 Å². The molecule has 1 aromatic carbocycles. The van der Waals surface area contributed by atoms with Crippen LogP contribution in [0.5, 0.6) is 0 Å². The lowest BCUT2D eigenvalue weighted by atomic mass is 10.0. The number of hydrogen-bond donors (Lipinski definition) is 1. The second-order valence-electron chi connectivity index (χ2n) is 3.10. The van der Waals surface area contributed by atoms with E-state index in [2.05, 4.69) is 17.0 Å². The SMILES string of the molecule is COC(=O)C(Cc1ccccc1)C(O)=S. The summed E-state index contributed by atoms with van der Waals surface area (Å²) in [6, 6.07) is 9.35. The predicted octanol–water partition coefficient (Wildman–Crippen LogP) is 1.90. The highest BCUT2D eigenvalue weighted by atomic mass is 32.1. The summed E-state index contributed by atoms with van der Waals surface area (Å²) in [5.74, 6) is -1.27. The van der Waals surface area contributed by atoms with Crippen molar-refractivity contribution in [3.63, 3.8) is 0 Å². The van der Waals surface area contributed by atoms with Crippen molar-refractivity contribution in [3.8, 4) is 0 Å². The van der Waals surface area contributed by atoms with Crippen LogP contribution >= 0.6 is 12.2 Å². The van der Waals surface area contributed by atoms with Crippen molar-refractivity contribution in [2.75, 3.05) is 7.11 Å². The van der Waals surface area contributed by atoms with E-state index in [1.54, 1.807) is 0 Å². The van der Waals surface area contributed by atoms with E-state index in [9.17, 15) is 9.90 Å². The van der Waals surface area contributed by atoms with E-state index < -0.39 is 11.9 Å². The molecule has 0 saturated heterocycles. The molecule has 0 saturated carbocycles. The molecule has 1 N–H and O–H groups in total. The molecule has 1 aromatic rings. The van der Waals surface area contributed by atoms with E-state index in [1.165, 1.54) is 7.11 Å². The molecule has 0 spiro atoms. The van der Waals surface area contributed by atoms with Crippen LogP contribution in [0.2, 0.25) is 0 Å². The molecule has 0 heterocycles. The van der Waals surface area contributed by atoms with Crippen molar-refractivity contribution in [1.29, 1.82) is 0 Å². The topological polar surface area (TPSA) is 46.5 Å². The fourth-order valence-electron chi connectivity index (χ4n) is 1.26. The number of hydrogen-bond acceptors (Lipinski definition) is 3. The maximum atomic E-state index is 11.3. The lowest BCUT2D eigenvalue weighted by molar-refractivity contribution is -0.143. The zero-order chi connectivity index (χ0) is 11.3. The van der Waals surface area contributed by atoms with Gasteiger partial charge in [0.25, 0.3) is 0 Å². The van der Waals surface area contributed by atoms with Crippen LogP contribution in [0.15, 0.2) is 30.3 Å². The van der Waals surface area contributed by atoms with Crippen LogP contribution in [0.1, 0.15) is 5.56 Å². The molecule has 0 aliphatic heterocycles. The second-order valence-corrected chi connectivity index (χ2v) is 3.52. The zero-order valence-corrected chi connectivity index (χ0v) is 9.16. The summed E-state index contributed by atoms with van der Waals surface area (Å²) in [7, 11) is 1.28. The second kappa shape index (κ2) is 5.46. The standard InChI is InChI=1S/C11H12O3S/c1-14-10(12)9(11(13)15)7-8-5-3-2-4-6-8/h2-6,9H,7H2,1H3,(H,13,15). The predicted molar refractivity (Wildman–Crippen MR) is 60.9 cm³/mol. The Morgan fingerprint density at radius 2 is 2.07 bits per heavy atom. The van der Waals surface area contributed by atoms with E-state index in [-0.39, 0.29) is 5.05 Å². The van der Waals surface area contributed by atoms with Gasteiger partial charge in [0, 0.05) is 0 Å². The lowest BCUT2D eigenvalue weighted by Crippen LogP contribution is -2.25. The molecule has 80 valence electrons. The Morgan fingerprint density at radius 3 is 2.53 bits per heavy atom. The van der Waals surface area contributed by atoms with E-state index in [0.717, 1.165) is 5.56 Å².